The van der Waals surface area contributed by atoms with Crippen LogP contribution in [0.5, 0.6) is 0 Å². The van der Waals surface area contributed by atoms with Crippen LogP contribution < -0.4 is 5.32 Å². The first kappa shape index (κ1) is 15.3. The van der Waals surface area contributed by atoms with E-state index in [0.29, 0.717) is 10.7 Å². The summed E-state index contributed by atoms with van der Waals surface area (Å²) in [5.74, 6) is 0. The highest BCUT2D eigenvalue weighted by Gasteiger charge is 2.16. The van der Waals surface area contributed by atoms with Crippen LogP contribution >= 0.6 is 27.5 Å². The minimum Gasteiger partial charge on any atom is -0.444 e. The number of benzene rings is 1. The van der Waals surface area contributed by atoms with Gasteiger partial charge in [0.05, 0.1) is 0 Å². The van der Waals surface area contributed by atoms with Gasteiger partial charge in [0.2, 0.25) is 0 Å². The molecule has 100 valence electrons. The lowest BCUT2D eigenvalue weighted by Crippen LogP contribution is -2.27. The molecule has 0 bridgehead atoms. The molecule has 0 saturated carbocycles. The minimum absolute atomic E-state index is 0.480. The quantitative estimate of drug-likeness (QED) is 0.819. The Morgan fingerprint density at radius 3 is 2.61 bits per heavy atom. The van der Waals surface area contributed by atoms with Gasteiger partial charge in [0, 0.05) is 16.0 Å². The molecule has 0 aliphatic heterocycles. The lowest BCUT2D eigenvalue weighted by Gasteiger charge is -2.19. The van der Waals surface area contributed by atoms with Crippen LogP contribution in [0.15, 0.2) is 18.2 Å². The second-order valence-corrected chi connectivity index (χ2v) is 6.07. The summed E-state index contributed by atoms with van der Waals surface area (Å²) < 4.78 is 5.16. The monoisotopic (exact) mass is 333 g/mol. The van der Waals surface area contributed by atoms with Gasteiger partial charge in [-0.1, -0.05) is 33.6 Å². The van der Waals surface area contributed by atoms with E-state index >= 15 is 0 Å². The van der Waals surface area contributed by atoms with Gasteiger partial charge in [0.15, 0.2) is 0 Å². The fourth-order valence-electron chi connectivity index (χ4n) is 1.35. The van der Waals surface area contributed by atoms with Crippen LogP contribution in [0.3, 0.4) is 0 Å². The SMILES string of the molecule is CC(C)(C)OC(=O)Nc1ccc(CCBr)c(Cl)c1. The van der Waals surface area contributed by atoms with Crippen LogP contribution in [0.1, 0.15) is 26.3 Å². The summed E-state index contributed by atoms with van der Waals surface area (Å²) in [4.78, 5) is 11.6. The van der Waals surface area contributed by atoms with Gasteiger partial charge < -0.3 is 4.74 Å². The first-order valence-corrected chi connectivity index (χ1v) is 7.16. The first-order chi connectivity index (χ1) is 8.31. The molecule has 0 unspecified atom stereocenters. The smallest absolute Gasteiger partial charge is 0.412 e. The normalized spacial score (nSPS) is 11.2. The topological polar surface area (TPSA) is 38.3 Å². The maximum atomic E-state index is 11.6. The first-order valence-electron chi connectivity index (χ1n) is 5.66. The molecule has 0 aromatic heterocycles. The predicted octanol–water partition coefficient (Wildman–Crippen LogP) is 4.62. The van der Waals surface area contributed by atoms with Gasteiger partial charge >= 0.3 is 6.09 Å². The van der Waals surface area contributed by atoms with Crippen molar-refractivity contribution < 1.29 is 9.53 Å². The maximum Gasteiger partial charge on any atom is 0.412 e. The number of alkyl halides is 1. The van der Waals surface area contributed by atoms with Crippen molar-refractivity contribution in [2.45, 2.75) is 32.8 Å². The standard InChI is InChI=1S/C13H17BrClNO2/c1-13(2,3)18-12(17)16-10-5-4-9(6-7-14)11(15)8-10/h4-5,8H,6-7H2,1-3H3,(H,16,17). The molecule has 0 saturated heterocycles. The van der Waals surface area contributed by atoms with Gasteiger partial charge in [-0.15, -0.1) is 0 Å². The molecule has 0 heterocycles. The van der Waals surface area contributed by atoms with E-state index < -0.39 is 11.7 Å². The van der Waals surface area contributed by atoms with Gasteiger partial charge in [0.25, 0.3) is 0 Å². The molecular weight excluding hydrogens is 318 g/mol. The number of aryl methyl sites for hydroxylation is 1. The van der Waals surface area contributed by atoms with E-state index in [4.69, 9.17) is 16.3 Å². The molecule has 5 heteroatoms. The van der Waals surface area contributed by atoms with Gasteiger partial charge in [-0.25, -0.2) is 4.79 Å². The fourth-order valence-corrected chi connectivity index (χ4v) is 2.05. The third-order valence-electron chi connectivity index (χ3n) is 2.06. The Hall–Kier alpha value is -0.740. The van der Waals surface area contributed by atoms with Crippen LogP contribution in [0.4, 0.5) is 10.5 Å². The number of hydrogen-bond acceptors (Lipinski definition) is 2. The summed E-state index contributed by atoms with van der Waals surface area (Å²) in [6, 6.07) is 5.44. The van der Waals surface area contributed by atoms with E-state index in [2.05, 4.69) is 21.2 Å². The number of carbonyl (C=O) groups excluding carboxylic acids is 1. The van der Waals surface area contributed by atoms with Crippen LogP contribution in [0, 0.1) is 0 Å². The Morgan fingerprint density at radius 2 is 2.11 bits per heavy atom. The summed E-state index contributed by atoms with van der Waals surface area (Å²) in [6.45, 7) is 5.45. The highest BCUT2D eigenvalue weighted by Crippen LogP contribution is 2.22. The van der Waals surface area contributed by atoms with E-state index in [1.54, 1.807) is 6.07 Å². The van der Waals surface area contributed by atoms with Gasteiger partial charge in [0.1, 0.15) is 5.60 Å². The molecule has 0 aliphatic carbocycles. The molecular formula is C13H17BrClNO2. The lowest BCUT2D eigenvalue weighted by molar-refractivity contribution is 0.0636. The summed E-state index contributed by atoms with van der Waals surface area (Å²) in [5.41, 5.74) is 1.17. The third-order valence-corrected chi connectivity index (χ3v) is 2.81. The van der Waals surface area contributed by atoms with Crippen LogP contribution in [-0.2, 0) is 11.2 Å². The zero-order valence-electron chi connectivity index (χ0n) is 10.7. The Bertz CT molecular complexity index is 429. The number of nitrogens with one attached hydrogen (secondary N) is 1. The zero-order valence-corrected chi connectivity index (χ0v) is 13.1. The summed E-state index contributed by atoms with van der Waals surface area (Å²) in [7, 11) is 0. The molecule has 1 N–H and O–H groups in total. The molecule has 0 spiro atoms. The highest BCUT2D eigenvalue weighted by molar-refractivity contribution is 9.09. The Morgan fingerprint density at radius 1 is 1.44 bits per heavy atom. The second kappa shape index (κ2) is 6.43. The predicted molar refractivity (Wildman–Crippen MR) is 78.8 cm³/mol. The van der Waals surface area contributed by atoms with Crippen LogP contribution in [0.2, 0.25) is 5.02 Å². The molecule has 1 aromatic rings. The highest BCUT2D eigenvalue weighted by atomic mass is 79.9. The van der Waals surface area contributed by atoms with E-state index in [9.17, 15) is 4.79 Å². The summed E-state index contributed by atoms with van der Waals surface area (Å²) >= 11 is 9.48. The fraction of sp³-hybridized carbons (Fsp3) is 0.462. The van der Waals surface area contributed by atoms with Crippen molar-refractivity contribution in [3.63, 3.8) is 0 Å². The molecule has 18 heavy (non-hydrogen) atoms. The molecule has 1 amide bonds. The van der Waals surface area contributed by atoms with Crippen molar-refractivity contribution in [3.8, 4) is 0 Å². The number of carbonyl (C=O) groups is 1. The Balaban J connectivity index is 2.69. The van der Waals surface area contributed by atoms with E-state index in [-0.39, 0.29) is 0 Å². The second-order valence-electron chi connectivity index (χ2n) is 4.87. The maximum absolute atomic E-state index is 11.6. The van der Waals surface area contributed by atoms with Crippen molar-refractivity contribution in [3.05, 3.63) is 28.8 Å². The van der Waals surface area contributed by atoms with Gasteiger partial charge in [-0.2, -0.15) is 0 Å². The number of anilines is 1. The van der Waals surface area contributed by atoms with Gasteiger partial charge in [-0.05, 0) is 44.9 Å². The van der Waals surface area contributed by atoms with Crippen molar-refractivity contribution in [2.24, 2.45) is 0 Å². The number of hydrogen-bond donors (Lipinski definition) is 1. The molecule has 1 aromatic carbocycles. The average molecular weight is 335 g/mol. The zero-order chi connectivity index (χ0) is 13.8. The molecule has 0 aliphatic rings. The third kappa shape index (κ3) is 5.27. The van der Waals surface area contributed by atoms with E-state index in [1.165, 1.54) is 0 Å². The number of amides is 1. The molecule has 0 radical (unpaired) electrons. The molecule has 0 atom stereocenters. The lowest BCUT2D eigenvalue weighted by atomic mass is 10.1. The minimum atomic E-state index is -0.510. The van der Waals surface area contributed by atoms with Crippen LogP contribution in [0.25, 0.3) is 0 Å². The summed E-state index contributed by atoms with van der Waals surface area (Å²) in [5, 5.41) is 4.15. The number of rotatable bonds is 3. The Kier molecular flexibility index (Phi) is 5.47. The average Bonchev–Trinajstić information content (AvgIpc) is 2.19. The van der Waals surface area contributed by atoms with Crippen molar-refractivity contribution >= 4 is 39.3 Å². The van der Waals surface area contributed by atoms with Crippen molar-refractivity contribution in [1.29, 1.82) is 0 Å². The summed E-state index contributed by atoms with van der Waals surface area (Å²) in [6.07, 6.45) is 0.373. The molecule has 3 nitrogen and oxygen atoms in total. The Labute approximate surface area is 121 Å². The van der Waals surface area contributed by atoms with Crippen molar-refractivity contribution in [2.75, 3.05) is 10.6 Å². The molecule has 1 rings (SSSR count). The van der Waals surface area contributed by atoms with Crippen molar-refractivity contribution in [1.82, 2.24) is 0 Å². The van der Waals surface area contributed by atoms with E-state index in [1.807, 2.05) is 32.9 Å². The number of ether oxygens (including phenoxy) is 1. The van der Waals surface area contributed by atoms with Crippen LogP contribution in [-0.4, -0.2) is 17.0 Å². The molecule has 0 fully saturated rings. The van der Waals surface area contributed by atoms with Gasteiger partial charge in [-0.3, -0.25) is 5.32 Å². The van der Waals surface area contributed by atoms with E-state index in [0.717, 1.165) is 17.3 Å². The number of halogens is 2. The largest absolute Gasteiger partial charge is 0.444 e.